The van der Waals surface area contributed by atoms with E-state index in [2.05, 4.69) is 10.1 Å². The van der Waals surface area contributed by atoms with E-state index in [1.807, 2.05) is 6.07 Å². The van der Waals surface area contributed by atoms with Crippen molar-refractivity contribution >= 4 is 17.8 Å². The molecule has 0 aromatic heterocycles. The highest BCUT2D eigenvalue weighted by Crippen LogP contribution is 2.12. The third-order valence-electron chi connectivity index (χ3n) is 3.17. The molecular weight excluding hydrogens is 310 g/mol. The zero-order chi connectivity index (χ0) is 18.2. The Hall–Kier alpha value is -2.37. The smallest absolute Gasteiger partial charge is 0.407 e. The first kappa shape index (κ1) is 19.7. The van der Waals surface area contributed by atoms with Gasteiger partial charge in [0, 0.05) is 24.4 Å². The summed E-state index contributed by atoms with van der Waals surface area (Å²) in [5.41, 5.74) is -0.0768. The molecule has 1 N–H and O–H groups in total. The maximum atomic E-state index is 12.3. The van der Waals surface area contributed by atoms with Crippen molar-refractivity contribution in [1.82, 2.24) is 5.32 Å². The van der Waals surface area contributed by atoms with E-state index in [0.29, 0.717) is 12.0 Å². The highest BCUT2D eigenvalue weighted by Gasteiger charge is 2.22. The molecule has 0 saturated heterocycles. The van der Waals surface area contributed by atoms with Crippen LogP contribution >= 0.6 is 0 Å². The molecule has 1 aromatic carbocycles. The number of ketones is 1. The van der Waals surface area contributed by atoms with Crippen molar-refractivity contribution in [2.45, 2.75) is 51.7 Å². The lowest BCUT2D eigenvalue weighted by atomic mass is 10.0. The Bertz CT molecular complexity index is 563. The molecule has 0 fully saturated rings. The van der Waals surface area contributed by atoms with Crippen molar-refractivity contribution in [1.29, 1.82) is 0 Å². The summed E-state index contributed by atoms with van der Waals surface area (Å²) in [4.78, 5) is 35.6. The summed E-state index contributed by atoms with van der Waals surface area (Å²) < 4.78 is 9.82. The van der Waals surface area contributed by atoms with Crippen LogP contribution in [0.1, 0.15) is 50.4 Å². The Balaban J connectivity index is 2.71. The summed E-state index contributed by atoms with van der Waals surface area (Å²) in [5, 5.41) is 2.66. The van der Waals surface area contributed by atoms with Gasteiger partial charge >= 0.3 is 12.1 Å². The standard InChI is InChI=1S/C18H25NO5/c1-18(2,3)24-17(22)19-14(10-11-16(21)23-4)12-15(20)13-8-6-5-7-9-13/h5-9,14H,10-12H2,1-4H3,(H,19,22)/t14-/m1/s1. The van der Waals surface area contributed by atoms with Crippen LogP contribution < -0.4 is 5.32 Å². The minimum atomic E-state index is -0.638. The summed E-state index contributed by atoms with van der Waals surface area (Å²) in [7, 11) is 1.30. The van der Waals surface area contributed by atoms with Crippen LogP contribution in [-0.2, 0) is 14.3 Å². The second kappa shape index (κ2) is 9.05. The van der Waals surface area contributed by atoms with E-state index >= 15 is 0 Å². The van der Waals surface area contributed by atoms with E-state index < -0.39 is 23.7 Å². The average molecular weight is 335 g/mol. The number of carbonyl (C=O) groups is 3. The zero-order valence-corrected chi connectivity index (χ0v) is 14.6. The van der Waals surface area contributed by atoms with Crippen LogP contribution in [-0.4, -0.2) is 36.6 Å². The lowest BCUT2D eigenvalue weighted by Crippen LogP contribution is -2.40. The minimum Gasteiger partial charge on any atom is -0.469 e. The molecule has 24 heavy (non-hydrogen) atoms. The predicted molar refractivity (Wildman–Crippen MR) is 89.8 cm³/mol. The molecule has 1 aromatic rings. The minimum absolute atomic E-state index is 0.0836. The first-order valence-corrected chi connectivity index (χ1v) is 7.86. The molecule has 0 aliphatic rings. The number of amides is 1. The third kappa shape index (κ3) is 7.76. The van der Waals surface area contributed by atoms with E-state index in [1.165, 1.54) is 7.11 Å². The second-order valence-corrected chi connectivity index (χ2v) is 6.45. The normalized spacial score (nSPS) is 12.2. The number of methoxy groups -OCH3 is 1. The van der Waals surface area contributed by atoms with Gasteiger partial charge in [-0.3, -0.25) is 9.59 Å². The zero-order valence-electron chi connectivity index (χ0n) is 14.6. The van der Waals surface area contributed by atoms with Crippen LogP contribution in [0.5, 0.6) is 0 Å². The molecule has 0 spiro atoms. The average Bonchev–Trinajstić information content (AvgIpc) is 2.51. The van der Waals surface area contributed by atoms with Crippen molar-refractivity contribution < 1.29 is 23.9 Å². The van der Waals surface area contributed by atoms with E-state index in [4.69, 9.17) is 4.74 Å². The number of hydrogen-bond acceptors (Lipinski definition) is 5. The fourth-order valence-corrected chi connectivity index (χ4v) is 2.06. The lowest BCUT2D eigenvalue weighted by molar-refractivity contribution is -0.140. The first-order chi connectivity index (χ1) is 11.2. The molecular formula is C18H25NO5. The van der Waals surface area contributed by atoms with Crippen molar-refractivity contribution in [2.24, 2.45) is 0 Å². The third-order valence-corrected chi connectivity index (χ3v) is 3.17. The molecule has 0 unspecified atom stereocenters. The Morgan fingerprint density at radius 3 is 2.29 bits per heavy atom. The summed E-state index contributed by atoms with van der Waals surface area (Å²) in [6.07, 6.45) is -0.123. The summed E-state index contributed by atoms with van der Waals surface area (Å²) >= 11 is 0. The van der Waals surface area contributed by atoms with Gasteiger partial charge in [-0.15, -0.1) is 0 Å². The number of rotatable bonds is 7. The monoisotopic (exact) mass is 335 g/mol. The number of nitrogens with one attached hydrogen (secondary N) is 1. The molecule has 1 rings (SSSR count). The predicted octanol–water partition coefficient (Wildman–Crippen LogP) is 3.11. The second-order valence-electron chi connectivity index (χ2n) is 6.45. The number of benzene rings is 1. The number of ether oxygens (including phenoxy) is 2. The van der Waals surface area contributed by atoms with Gasteiger partial charge < -0.3 is 14.8 Å². The van der Waals surface area contributed by atoms with Gasteiger partial charge in [0.15, 0.2) is 5.78 Å². The Kier molecular flexibility index (Phi) is 7.42. The largest absolute Gasteiger partial charge is 0.469 e. The van der Waals surface area contributed by atoms with Crippen LogP contribution in [0.2, 0.25) is 0 Å². The highest BCUT2D eigenvalue weighted by atomic mass is 16.6. The molecule has 0 saturated carbocycles. The highest BCUT2D eigenvalue weighted by molar-refractivity contribution is 5.96. The van der Waals surface area contributed by atoms with Gasteiger partial charge in [-0.2, -0.15) is 0 Å². The van der Waals surface area contributed by atoms with E-state index in [-0.39, 0.29) is 18.6 Å². The summed E-state index contributed by atoms with van der Waals surface area (Å²) in [5.74, 6) is -0.500. The fraction of sp³-hybridized carbons (Fsp3) is 0.500. The molecule has 1 atom stereocenters. The lowest BCUT2D eigenvalue weighted by Gasteiger charge is -2.23. The maximum Gasteiger partial charge on any atom is 0.407 e. The van der Waals surface area contributed by atoms with Crippen molar-refractivity contribution in [3.8, 4) is 0 Å². The van der Waals surface area contributed by atoms with E-state index in [1.54, 1.807) is 45.0 Å². The SMILES string of the molecule is COC(=O)CC[C@H](CC(=O)c1ccccc1)NC(=O)OC(C)(C)C. The van der Waals surface area contributed by atoms with E-state index in [9.17, 15) is 14.4 Å². The van der Waals surface area contributed by atoms with Crippen LogP contribution in [0.25, 0.3) is 0 Å². The Morgan fingerprint density at radius 1 is 1.12 bits per heavy atom. The Morgan fingerprint density at radius 2 is 1.75 bits per heavy atom. The van der Waals surface area contributed by atoms with Crippen molar-refractivity contribution in [3.05, 3.63) is 35.9 Å². The molecule has 6 heteroatoms. The van der Waals surface area contributed by atoms with Crippen LogP contribution in [0.3, 0.4) is 0 Å². The maximum absolute atomic E-state index is 12.3. The van der Waals surface area contributed by atoms with Gasteiger partial charge in [0.05, 0.1) is 7.11 Å². The quantitative estimate of drug-likeness (QED) is 0.611. The number of carbonyl (C=O) groups excluding carboxylic acids is 3. The number of alkyl carbamates (subject to hydrolysis) is 1. The van der Waals surface area contributed by atoms with Gasteiger partial charge in [-0.05, 0) is 27.2 Å². The Labute approximate surface area is 142 Å². The molecule has 0 bridgehead atoms. The summed E-state index contributed by atoms with van der Waals surface area (Å²) in [6.45, 7) is 5.27. The fourth-order valence-electron chi connectivity index (χ4n) is 2.06. The molecule has 132 valence electrons. The molecule has 0 radical (unpaired) electrons. The number of esters is 1. The first-order valence-electron chi connectivity index (χ1n) is 7.86. The molecule has 0 aliphatic carbocycles. The molecule has 1 amide bonds. The van der Waals surface area contributed by atoms with Crippen LogP contribution in [0.15, 0.2) is 30.3 Å². The van der Waals surface area contributed by atoms with Crippen molar-refractivity contribution in [3.63, 3.8) is 0 Å². The number of hydrogen-bond donors (Lipinski definition) is 1. The number of Topliss-reactive ketones (excluding diaryl/α,β-unsaturated/α-hetero) is 1. The van der Waals surface area contributed by atoms with Gasteiger partial charge in [0.2, 0.25) is 0 Å². The molecule has 0 aliphatic heterocycles. The molecule has 0 heterocycles. The summed E-state index contributed by atoms with van der Waals surface area (Å²) in [6, 6.07) is 8.30. The van der Waals surface area contributed by atoms with Gasteiger partial charge in [0.1, 0.15) is 5.60 Å². The van der Waals surface area contributed by atoms with Crippen LogP contribution in [0.4, 0.5) is 4.79 Å². The topological polar surface area (TPSA) is 81.7 Å². The van der Waals surface area contributed by atoms with Gasteiger partial charge in [-0.1, -0.05) is 30.3 Å². The molecule has 6 nitrogen and oxygen atoms in total. The van der Waals surface area contributed by atoms with Crippen LogP contribution in [0, 0.1) is 0 Å². The van der Waals surface area contributed by atoms with Gasteiger partial charge in [0.25, 0.3) is 0 Å². The van der Waals surface area contributed by atoms with Gasteiger partial charge in [-0.25, -0.2) is 4.79 Å². The van der Waals surface area contributed by atoms with Crippen molar-refractivity contribution in [2.75, 3.05) is 7.11 Å². The van der Waals surface area contributed by atoms with E-state index in [0.717, 1.165) is 0 Å².